The summed E-state index contributed by atoms with van der Waals surface area (Å²) in [5.41, 5.74) is 1.21. The Morgan fingerprint density at radius 3 is 2.94 bits per heavy atom. The van der Waals surface area contributed by atoms with Gasteiger partial charge in [-0.3, -0.25) is 9.88 Å². The van der Waals surface area contributed by atoms with Crippen LogP contribution in [-0.2, 0) is 0 Å². The van der Waals surface area contributed by atoms with Gasteiger partial charge in [0, 0.05) is 38.6 Å². The summed E-state index contributed by atoms with van der Waals surface area (Å²) in [7, 11) is 0. The standard InChI is InChI=1S/C12H18BrN3O/c13-11-10-14-3-2-12(11)16-5-1-4-15(6-7-16)8-9-17/h2-3,10,17H,1,4-9H2. The van der Waals surface area contributed by atoms with Gasteiger partial charge in [0.1, 0.15) is 0 Å². The molecule has 1 saturated heterocycles. The van der Waals surface area contributed by atoms with Gasteiger partial charge in [-0.05, 0) is 35.0 Å². The van der Waals surface area contributed by atoms with E-state index in [-0.39, 0.29) is 6.61 Å². The molecule has 0 spiro atoms. The molecule has 0 radical (unpaired) electrons. The van der Waals surface area contributed by atoms with Crippen molar-refractivity contribution in [2.45, 2.75) is 6.42 Å². The van der Waals surface area contributed by atoms with Gasteiger partial charge in [-0.2, -0.15) is 0 Å². The molecule has 1 fully saturated rings. The Morgan fingerprint density at radius 2 is 2.18 bits per heavy atom. The Balaban J connectivity index is 2.01. The molecule has 0 unspecified atom stereocenters. The fraction of sp³-hybridized carbons (Fsp3) is 0.583. The predicted molar refractivity (Wildman–Crippen MR) is 72.3 cm³/mol. The highest BCUT2D eigenvalue weighted by molar-refractivity contribution is 9.10. The van der Waals surface area contributed by atoms with E-state index in [1.807, 2.05) is 18.5 Å². The number of aliphatic hydroxyl groups is 1. The first-order valence-electron chi connectivity index (χ1n) is 5.99. The number of β-amino-alcohol motifs (C(OH)–C–C–N with tert-alkyl or cyclic N) is 1. The summed E-state index contributed by atoms with van der Waals surface area (Å²) >= 11 is 3.55. The highest BCUT2D eigenvalue weighted by Crippen LogP contribution is 2.25. The summed E-state index contributed by atoms with van der Waals surface area (Å²) in [5, 5.41) is 8.97. The molecule has 0 saturated carbocycles. The first kappa shape index (κ1) is 12.8. The Labute approximate surface area is 110 Å². The number of hydrogen-bond acceptors (Lipinski definition) is 4. The highest BCUT2D eigenvalue weighted by Gasteiger charge is 2.16. The van der Waals surface area contributed by atoms with E-state index in [4.69, 9.17) is 5.11 Å². The van der Waals surface area contributed by atoms with E-state index in [9.17, 15) is 0 Å². The molecule has 1 aromatic heterocycles. The van der Waals surface area contributed by atoms with Crippen molar-refractivity contribution in [3.8, 4) is 0 Å². The van der Waals surface area contributed by atoms with Gasteiger partial charge in [0.15, 0.2) is 0 Å². The Bertz CT molecular complexity index is 361. The minimum Gasteiger partial charge on any atom is -0.395 e. The fourth-order valence-corrected chi connectivity index (χ4v) is 2.70. The van der Waals surface area contributed by atoms with Crippen LogP contribution in [0.15, 0.2) is 22.9 Å². The van der Waals surface area contributed by atoms with Crippen molar-refractivity contribution in [3.63, 3.8) is 0 Å². The highest BCUT2D eigenvalue weighted by atomic mass is 79.9. The summed E-state index contributed by atoms with van der Waals surface area (Å²) in [6.45, 7) is 5.17. The monoisotopic (exact) mass is 299 g/mol. The molecule has 0 amide bonds. The SMILES string of the molecule is OCCN1CCCN(c2ccncc2Br)CC1. The van der Waals surface area contributed by atoms with Crippen LogP contribution in [0, 0.1) is 0 Å². The van der Waals surface area contributed by atoms with E-state index < -0.39 is 0 Å². The zero-order chi connectivity index (χ0) is 12.1. The molecule has 0 atom stereocenters. The molecule has 17 heavy (non-hydrogen) atoms. The second kappa shape index (κ2) is 6.33. The Morgan fingerprint density at radius 1 is 1.29 bits per heavy atom. The molecule has 1 N–H and O–H groups in total. The maximum atomic E-state index is 8.97. The Kier molecular flexibility index (Phi) is 4.76. The normalized spacial score (nSPS) is 18.1. The van der Waals surface area contributed by atoms with E-state index in [0.29, 0.717) is 0 Å². The molecular formula is C12H18BrN3O. The lowest BCUT2D eigenvalue weighted by atomic mass is 10.3. The quantitative estimate of drug-likeness (QED) is 0.915. The summed E-state index contributed by atoms with van der Waals surface area (Å²) in [4.78, 5) is 8.78. The summed E-state index contributed by atoms with van der Waals surface area (Å²) in [6, 6.07) is 2.05. The number of aliphatic hydroxyl groups excluding tert-OH is 1. The number of halogens is 1. The number of aromatic nitrogens is 1. The van der Waals surface area contributed by atoms with Crippen LogP contribution in [0.4, 0.5) is 5.69 Å². The smallest absolute Gasteiger partial charge is 0.0592 e. The van der Waals surface area contributed by atoms with Gasteiger partial charge in [-0.25, -0.2) is 0 Å². The number of anilines is 1. The molecule has 5 heteroatoms. The van der Waals surface area contributed by atoms with E-state index in [0.717, 1.165) is 43.6 Å². The van der Waals surface area contributed by atoms with Gasteiger partial charge in [-0.15, -0.1) is 0 Å². The van der Waals surface area contributed by atoms with Crippen molar-refractivity contribution in [1.82, 2.24) is 9.88 Å². The number of pyridine rings is 1. The lowest BCUT2D eigenvalue weighted by molar-refractivity contribution is 0.204. The summed E-state index contributed by atoms with van der Waals surface area (Å²) in [5.74, 6) is 0. The zero-order valence-electron chi connectivity index (χ0n) is 9.85. The van der Waals surface area contributed by atoms with Crippen LogP contribution in [0.5, 0.6) is 0 Å². The van der Waals surface area contributed by atoms with Crippen molar-refractivity contribution in [2.24, 2.45) is 0 Å². The minimum absolute atomic E-state index is 0.249. The molecule has 1 aliphatic heterocycles. The fourth-order valence-electron chi connectivity index (χ4n) is 2.20. The molecule has 0 aromatic carbocycles. The summed E-state index contributed by atoms with van der Waals surface area (Å²) < 4.78 is 1.05. The third-order valence-corrected chi connectivity index (χ3v) is 3.71. The largest absolute Gasteiger partial charge is 0.395 e. The van der Waals surface area contributed by atoms with Gasteiger partial charge in [0.2, 0.25) is 0 Å². The van der Waals surface area contributed by atoms with E-state index in [1.54, 1.807) is 0 Å². The molecule has 0 aliphatic carbocycles. The van der Waals surface area contributed by atoms with Crippen LogP contribution in [0.2, 0.25) is 0 Å². The van der Waals surface area contributed by atoms with Crippen molar-refractivity contribution < 1.29 is 5.11 Å². The number of hydrogen-bond donors (Lipinski definition) is 1. The average molecular weight is 300 g/mol. The van der Waals surface area contributed by atoms with Crippen molar-refractivity contribution in [3.05, 3.63) is 22.9 Å². The third-order valence-electron chi connectivity index (χ3n) is 3.10. The first-order valence-corrected chi connectivity index (χ1v) is 6.78. The van der Waals surface area contributed by atoms with E-state index in [2.05, 4.69) is 30.7 Å². The molecule has 2 heterocycles. The number of rotatable bonds is 3. The van der Waals surface area contributed by atoms with Crippen LogP contribution in [0.3, 0.4) is 0 Å². The Hall–Kier alpha value is -0.650. The maximum Gasteiger partial charge on any atom is 0.0592 e. The van der Waals surface area contributed by atoms with Gasteiger partial charge < -0.3 is 10.0 Å². The minimum atomic E-state index is 0.249. The molecule has 1 aromatic rings. The van der Waals surface area contributed by atoms with E-state index >= 15 is 0 Å². The van der Waals surface area contributed by atoms with Crippen LogP contribution in [0.25, 0.3) is 0 Å². The number of nitrogens with zero attached hydrogens (tertiary/aromatic N) is 3. The second-order valence-corrected chi connectivity index (χ2v) is 5.09. The van der Waals surface area contributed by atoms with Crippen LogP contribution >= 0.6 is 15.9 Å². The molecular weight excluding hydrogens is 282 g/mol. The van der Waals surface area contributed by atoms with Gasteiger partial charge in [-0.1, -0.05) is 0 Å². The third kappa shape index (κ3) is 3.40. The van der Waals surface area contributed by atoms with Crippen molar-refractivity contribution >= 4 is 21.6 Å². The lowest BCUT2D eigenvalue weighted by Gasteiger charge is -2.24. The predicted octanol–water partition coefficient (Wildman–Crippen LogP) is 1.35. The van der Waals surface area contributed by atoms with Crippen molar-refractivity contribution in [2.75, 3.05) is 44.2 Å². The maximum absolute atomic E-state index is 8.97. The van der Waals surface area contributed by atoms with Crippen LogP contribution < -0.4 is 4.90 Å². The van der Waals surface area contributed by atoms with Gasteiger partial charge in [0.05, 0.1) is 16.8 Å². The second-order valence-electron chi connectivity index (χ2n) is 4.23. The van der Waals surface area contributed by atoms with Gasteiger partial charge in [0.25, 0.3) is 0 Å². The topological polar surface area (TPSA) is 39.6 Å². The van der Waals surface area contributed by atoms with Crippen LogP contribution in [0.1, 0.15) is 6.42 Å². The zero-order valence-corrected chi connectivity index (χ0v) is 11.4. The average Bonchev–Trinajstić information content (AvgIpc) is 2.56. The molecule has 4 nitrogen and oxygen atoms in total. The molecule has 1 aliphatic rings. The first-order chi connectivity index (χ1) is 8.31. The molecule has 94 valence electrons. The van der Waals surface area contributed by atoms with E-state index in [1.165, 1.54) is 5.69 Å². The molecule has 2 rings (SSSR count). The molecule has 0 bridgehead atoms. The summed E-state index contributed by atoms with van der Waals surface area (Å²) in [6.07, 6.45) is 4.80. The lowest BCUT2D eigenvalue weighted by Crippen LogP contribution is -2.32. The van der Waals surface area contributed by atoms with Gasteiger partial charge >= 0.3 is 0 Å². The van der Waals surface area contributed by atoms with Crippen LogP contribution in [-0.4, -0.2) is 54.3 Å². The van der Waals surface area contributed by atoms with Crippen molar-refractivity contribution in [1.29, 1.82) is 0 Å².